The van der Waals surface area contributed by atoms with Gasteiger partial charge < -0.3 is 14.8 Å². The first-order valence-electron chi connectivity index (χ1n) is 7.75. The Kier molecular flexibility index (Phi) is 6.97. The highest BCUT2D eigenvalue weighted by Gasteiger charge is 2.27. The van der Waals surface area contributed by atoms with Crippen molar-refractivity contribution in [2.24, 2.45) is 0 Å². The molecule has 2 rings (SSSR count). The molecule has 0 heterocycles. The maximum absolute atomic E-state index is 12.8. The Labute approximate surface area is 147 Å². The number of hydrogen-bond donors (Lipinski definition) is 1. The molecule has 140 valence electrons. The SMILES string of the molecule is O=C(CCOCC(F)(F)F)NCc1ccc(Oc2ccc(F)cc2)cc1. The number of hydrogen-bond acceptors (Lipinski definition) is 3. The van der Waals surface area contributed by atoms with Crippen molar-refractivity contribution in [3.8, 4) is 11.5 Å². The topological polar surface area (TPSA) is 47.6 Å². The third-order valence-corrected chi connectivity index (χ3v) is 3.20. The monoisotopic (exact) mass is 371 g/mol. The highest BCUT2D eigenvalue weighted by Crippen LogP contribution is 2.21. The maximum atomic E-state index is 12.8. The molecule has 2 aromatic carbocycles. The van der Waals surface area contributed by atoms with Crippen LogP contribution in [-0.2, 0) is 16.1 Å². The molecule has 1 N–H and O–H groups in total. The van der Waals surface area contributed by atoms with Crippen LogP contribution in [-0.4, -0.2) is 25.3 Å². The lowest BCUT2D eigenvalue weighted by molar-refractivity contribution is -0.174. The Morgan fingerprint density at radius 2 is 1.54 bits per heavy atom. The van der Waals surface area contributed by atoms with Gasteiger partial charge in [-0.05, 0) is 42.0 Å². The van der Waals surface area contributed by atoms with Gasteiger partial charge in [-0.3, -0.25) is 4.79 Å². The van der Waals surface area contributed by atoms with Gasteiger partial charge in [0, 0.05) is 13.0 Å². The average Bonchev–Trinajstić information content (AvgIpc) is 2.59. The minimum Gasteiger partial charge on any atom is -0.457 e. The third-order valence-electron chi connectivity index (χ3n) is 3.20. The predicted octanol–water partition coefficient (Wildman–Crippen LogP) is 4.20. The second-order valence-corrected chi connectivity index (χ2v) is 5.39. The molecular formula is C18H17F4NO3. The molecule has 1 amide bonds. The average molecular weight is 371 g/mol. The Morgan fingerprint density at radius 1 is 0.962 bits per heavy atom. The molecule has 0 fully saturated rings. The first-order valence-corrected chi connectivity index (χ1v) is 7.75. The van der Waals surface area contributed by atoms with Crippen molar-refractivity contribution < 1.29 is 31.8 Å². The lowest BCUT2D eigenvalue weighted by atomic mass is 10.2. The van der Waals surface area contributed by atoms with Crippen molar-refractivity contribution in [3.05, 3.63) is 59.9 Å². The van der Waals surface area contributed by atoms with Crippen LogP contribution in [0.3, 0.4) is 0 Å². The molecule has 0 saturated carbocycles. The molecule has 0 aliphatic rings. The summed E-state index contributed by atoms with van der Waals surface area (Å²) in [6, 6.07) is 12.4. The smallest absolute Gasteiger partial charge is 0.411 e. The van der Waals surface area contributed by atoms with E-state index >= 15 is 0 Å². The summed E-state index contributed by atoms with van der Waals surface area (Å²) >= 11 is 0. The van der Waals surface area contributed by atoms with E-state index in [0.717, 1.165) is 5.56 Å². The number of rotatable bonds is 8. The number of nitrogens with one attached hydrogen (secondary N) is 1. The number of carbonyl (C=O) groups excluding carboxylic acids is 1. The second-order valence-electron chi connectivity index (χ2n) is 5.39. The predicted molar refractivity (Wildman–Crippen MR) is 86.3 cm³/mol. The van der Waals surface area contributed by atoms with Crippen LogP contribution in [0.4, 0.5) is 17.6 Å². The molecular weight excluding hydrogens is 354 g/mol. The summed E-state index contributed by atoms with van der Waals surface area (Å²) in [5.41, 5.74) is 0.793. The van der Waals surface area contributed by atoms with Gasteiger partial charge in [0.25, 0.3) is 0 Å². The van der Waals surface area contributed by atoms with Crippen LogP contribution < -0.4 is 10.1 Å². The van der Waals surface area contributed by atoms with Gasteiger partial charge in [-0.15, -0.1) is 0 Å². The normalized spacial score (nSPS) is 11.2. The molecule has 0 bridgehead atoms. The van der Waals surface area contributed by atoms with Gasteiger partial charge >= 0.3 is 6.18 Å². The highest BCUT2D eigenvalue weighted by molar-refractivity contribution is 5.75. The Hall–Kier alpha value is -2.61. The van der Waals surface area contributed by atoms with Gasteiger partial charge in [0.15, 0.2) is 0 Å². The van der Waals surface area contributed by atoms with Crippen LogP contribution in [0.25, 0.3) is 0 Å². The van der Waals surface area contributed by atoms with Crippen LogP contribution >= 0.6 is 0 Å². The Morgan fingerprint density at radius 3 is 2.12 bits per heavy atom. The zero-order valence-electron chi connectivity index (χ0n) is 13.7. The number of benzene rings is 2. The fourth-order valence-electron chi connectivity index (χ4n) is 1.96. The zero-order chi connectivity index (χ0) is 19.0. The second kappa shape index (κ2) is 9.19. The summed E-state index contributed by atoms with van der Waals surface area (Å²) in [5.74, 6) is 0.282. The molecule has 8 heteroatoms. The molecule has 0 atom stereocenters. The fraction of sp³-hybridized carbons (Fsp3) is 0.278. The first kappa shape index (κ1) is 19.7. The van der Waals surface area contributed by atoms with Crippen molar-refractivity contribution in [3.63, 3.8) is 0 Å². The summed E-state index contributed by atoms with van der Waals surface area (Å²) in [6.07, 6.45) is -4.55. The standard InChI is InChI=1S/C18H17F4NO3/c19-14-3-7-16(8-4-14)26-15-5-1-13(2-6-15)11-23-17(24)9-10-25-12-18(20,21)22/h1-8H,9-12H2,(H,23,24). The van der Waals surface area contributed by atoms with Crippen molar-refractivity contribution in [2.45, 2.75) is 19.1 Å². The van der Waals surface area contributed by atoms with E-state index in [2.05, 4.69) is 10.1 Å². The van der Waals surface area contributed by atoms with Crippen LogP contribution in [0.1, 0.15) is 12.0 Å². The fourth-order valence-corrected chi connectivity index (χ4v) is 1.96. The van der Waals surface area contributed by atoms with Crippen molar-refractivity contribution >= 4 is 5.91 Å². The van der Waals surface area contributed by atoms with Gasteiger partial charge in [-0.25, -0.2) is 4.39 Å². The van der Waals surface area contributed by atoms with Gasteiger partial charge in [-0.1, -0.05) is 12.1 Å². The van der Waals surface area contributed by atoms with E-state index in [-0.39, 0.29) is 25.4 Å². The van der Waals surface area contributed by atoms with E-state index in [9.17, 15) is 22.4 Å². The number of halogens is 4. The molecule has 26 heavy (non-hydrogen) atoms. The zero-order valence-corrected chi connectivity index (χ0v) is 13.7. The maximum Gasteiger partial charge on any atom is 0.411 e. The third kappa shape index (κ3) is 7.52. The lowest BCUT2D eigenvalue weighted by Gasteiger charge is -2.09. The van der Waals surface area contributed by atoms with E-state index in [1.54, 1.807) is 24.3 Å². The Bertz CT molecular complexity index is 700. The summed E-state index contributed by atoms with van der Waals surface area (Å²) < 4.78 is 58.4. The number of ether oxygens (including phenoxy) is 2. The number of amides is 1. The van der Waals surface area contributed by atoms with Crippen LogP contribution in [0.2, 0.25) is 0 Å². The van der Waals surface area contributed by atoms with Gasteiger partial charge in [0.1, 0.15) is 23.9 Å². The highest BCUT2D eigenvalue weighted by atomic mass is 19.4. The quantitative estimate of drug-likeness (QED) is 0.559. The molecule has 0 aromatic heterocycles. The summed E-state index contributed by atoms with van der Waals surface area (Å²) in [6.45, 7) is -1.43. The molecule has 0 aliphatic carbocycles. The Balaban J connectivity index is 1.71. The number of carbonyl (C=O) groups is 1. The van der Waals surface area contributed by atoms with Gasteiger partial charge in [-0.2, -0.15) is 13.2 Å². The molecule has 4 nitrogen and oxygen atoms in total. The molecule has 0 unspecified atom stereocenters. The summed E-state index contributed by atoms with van der Waals surface area (Å²) in [7, 11) is 0. The van der Waals surface area contributed by atoms with Crippen LogP contribution in [0, 0.1) is 5.82 Å². The molecule has 0 spiro atoms. The largest absolute Gasteiger partial charge is 0.457 e. The lowest BCUT2D eigenvalue weighted by Crippen LogP contribution is -2.25. The van der Waals surface area contributed by atoms with Crippen molar-refractivity contribution in [2.75, 3.05) is 13.2 Å². The van der Waals surface area contributed by atoms with Crippen LogP contribution in [0.15, 0.2) is 48.5 Å². The van der Waals surface area contributed by atoms with Crippen LogP contribution in [0.5, 0.6) is 11.5 Å². The van der Waals surface area contributed by atoms with E-state index in [1.165, 1.54) is 24.3 Å². The minimum atomic E-state index is -4.39. The van der Waals surface area contributed by atoms with E-state index in [1.807, 2.05) is 0 Å². The van der Waals surface area contributed by atoms with Gasteiger partial charge in [0.05, 0.1) is 6.61 Å². The molecule has 0 radical (unpaired) electrons. The molecule has 0 aliphatic heterocycles. The van der Waals surface area contributed by atoms with Crippen molar-refractivity contribution in [1.29, 1.82) is 0 Å². The number of alkyl halides is 3. The van der Waals surface area contributed by atoms with Gasteiger partial charge in [0.2, 0.25) is 5.91 Å². The minimum absolute atomic E-state index is 0.151. The molecule has 2 aromatic rings. The summed E-state index contributed by atoms with van der Waals surface area (Å²) in [4.78, 5) is 11.5. The van der Waals surface area contributed by atoms with Crippen molar-refractivity contribution in [1.82, 2.24) is 5.32 Å². The summed E-state index contributed by atoms with van der Waals surface area (Å²) in [5, 5.41) is 2.59. The van der Waals surface area contributed by atoms with E-state index < -0.39 is 18.7 Å². The molecule has 0 saturated heterocycles. The first-order chi connectivity index (χ1) is 12.3. The van der Waals surface area contributed by atoms with E-state index in [4.69, 9.17) is 4.74 Å². The van der Waals surface area contributed by atoms with E-state index in [0.29, 0.717) is 11.5 Å².